The summed E-state index contributed by atoms with van der Waals surface area (Å²) < 4.78 is 9.54. The Hall–Kier alpha value is -2.41. The van der Waals surface area contributed by atoms with Crippen LogP contribution in [0.2, 0.25) is 0 Å². The number of carbonyl (C=O) groups excluding carboxylic acids is 2. The second-order valence-electron chi connectivity index (χ2n) is 4.24. The van der Waals surface area contributed by atoms with Gasteiger partial charge in [0.05, 0.1) is 6.42 Å². The van der Waals surface area contributed by atoms with E-state index in [1.54, 1.807) is 24.3 Å². The molecule has 1 aromatic carbocycles. The van der Waals surface area contributed by atoms with E-state index in [4.69, 9.17) is 9.84 Å². The van der Waals surface area contributed by atoms with Gasteiger partial charge < -0.3 is 19.9 Å². The maximum Gasteiger partial charge on any atom is 0.326 e. The van der Waals surface area contributed by atoms with Crippen molar-refractivity contribution in [3.05, 3.63) is 35.9 Å². The largest absolute Gasteiger partial charge is 0.480 e. The van der Waals surface area contributed by atoms with Crippen LogP contribution in [0.5, 0.6) is 0 Å². The van der Waals surface area contributed by atoms with Gasteiger partial charge in [0, 0.05) is 7.11 Å². The van der Waals surface area contributed by atoms with Gasteiger partial charge in [0.1, 0.15) is 19.3 Å². The molecule has 7 heteroatoms. The molecule has 0 saturated heterocycles. The fourth-order valence-electron chi connectivity index (χ4n) is 1.53. The minimum Gasteiger partial charge on any atom is -0.480 e. The maximum atomic E-state index is 11.6. The van der Waals surface area contributed by atoms with Crippen LogP contribution in [0.25, 0.3) is 0 Å². The summed E-state index contributed by atoms with van der Waals surface area (Å²) in [6.45, 7) is -0.221. The number of carbonyl (C=O) groups is 3. The van der Waals surface area contributed by atoms with E-state index in [0.29, 0.717) is 0 Å². The zero-order valence-corrected chi connectivity index (χ0v) is 11.6. The van der Waals surface area contributed by atoms with Crippen LogP contribution >= 0.6 is 0 Å². The number of benzene rings is 1. The number of esters is 1. The molecule has 0 unspecified atom stereocenters. The van der Waals surface area contributed by atoms with E-state index in [1.807, 2.05) is 6.07 Å². The molecule has 0 radical (unpaired) electrons. The summed E-state index contributed by atoms with van der Waals surface area (Å²) in [6, 6.07) is 7.65. The summed E-state index contributed by atoms with van der Waals surface area (Å²) in [6.07, 6.45) is -0.447. The van der Waals surface area contributed by atoms with E-state index in [-0.39, 0.29) is 13.2 Å². The SMILES string of the molecule is COCC(=O)N[C@@H](CC(=O)OCc1ccccc1)C(=O)O. The lowest BCUT2D eigenvalue weighted by Gasteiger charge is -2.13. The molecule has 0 fully saturated rings. The molecule has 1 amide bonds. The number of aliphatic carboxylic acids is 1. The van der Waals surface area contributed by atoms with Crippen molar-refractivity contribution >= 4 is 17.8 Å². The van der Waals surface area contributed by atoms with Crippen LogP contribution in [0.15, 0.2) is 30.3 Å². The topological polar surface area (TPSA) is 102 Å². The van der Waals surface area contributed by atoms with E-state index in [2.05, 4.69) is 10.1 Å². The Morgan fingerprint density at radius 1 is 1.24 bits per heavy atom. The Morgan fingerprint density at radius 2 is 1.90 bits per heavy atom. The number of carboxylic acid groups (broad SMARTS) is 1. The van der Waals surface area contributed by atoms with E-state index in [9.17, 15) is 14.4 Å². The molecule has 7 nitrogen and oxygen atoms in total. The number of carboxylic acids is 1. The van der Waals surface area contributed by atoms with Crippen molar-refractivity contribution in [2.24, 2.45) is 0 Å². The van der Waals surface area contributed by atoms with Crippen molar-refractivity contribution in [3.8, 4) is 0 Å². The predicted octanol–water partition coefficient (Wildman–Crippen LogP) is 0.336. The third kappa shape index (κ3) is 6.53. The van der Waals surface area contributed by atoms with Gasteiger partial charge in [-0.3, -0.25) is 9.59 Å². The number of amides is 1. The summed E-state index contributed by atoms with van der Waals surface area (Å²) in [7, 11) is 1.31. The van der Waals surface area contributed by atoms with Crippen LogP contribution < -0.4 is 5.32 Å². The smallest absolute Gasteiger partial charge is 0.326 e. The normalized spacial score (nSPS) is 11.5. The van der Waals surface area contributed by atoms with Crippen molar-refractivity contribution in [1.29, 1.82) is 0 Å². The molecule has 21 heavy (non-hydrogen) atoms. The van der Waals surface area contributed by atoms with Gasteiger partial charge in [-0.25, -0.2) is 4.79 Å². The van der Waals surface area contributed by atoms with Gasteiger partial charge in [-0.15, -0.1) is 0 Å². The van der Waals surface area contributed by atoms with Gasteiger partial charge in [0.25, 0.3) is 0 Å². The van der Waals surface area contributed by atoms with Crippen LogP contribution in [0, 0.1) is 0 Å². The van der Waals surface area contributed by atoms with Crippen molar-refractivity contribution < 1.29 is 29.0 Å². The highest BCUT2D eigenvalue weighted by Crippen LogP contribution is 2.03. The Kier molecular flexibility index (Phi) is 6.90. The molecule has 114 valence electrons. The molecular weight excluding hydrogens is 278 g/mol. The highest BCUT2D eigenvalue weighted by Gasteiger charge is 2.24. The van der Waals surface area contributed by atoms with Crippen LogP contribution in [-0.2, 0) is 30.5 Å². The summed E-state index contributed by atoms with van der Waals surface area (Å²) >= 11 is 0. The average molecular weight is 295 g/mol. The maximum absolute atomic E-state index is 11.6. The van der Waals surface area contributed by atoms with E-state index < -0.39 is 30.3 Å². The molecular formula is C14H17NO6. The van der Waals surface area contributed by atoms with Crippen LogP contribution in [0.1, 0.15) is 12.0 Å². The van der Waals surface area contributed by atoms with Crippen LogP contribution in [-0.4, -0.2) is 42.7 Å². The first-order chi connectivity index (χ1) is 10.0. The molecule has 0 bridgehead atoms. The second-order valence-corrected chi connectivity index (χ2v) is 4.24. The Labute approximate surface area is 121 Å². The molecule has 0 aliphatic carbocycles. The first-order valence-electron chi connectivity index (χ1n) is 6.23. The van der Waals surface area contributed by atoms with E-state index in [1.165, 1.54) is 7.11 Å². The minimum absolute atomic E-state index is 0.0536. The van der Waals surface area contributed by atoms with E-state index in [0.717, 1.165) is 5.56 Å². The lowest BCUT2D eigenvalue weighted by molar-refractivity contribution is -0.151. The summed E-state index contributed by atoms with van der Waals surface area (Å²) in [5, 5.41) is 11.1. The Morgan fingerprint density at radius 3 is 2.48 bits per heavy atom. The highest BCUT2D eigenvalue weighted by molar-refractivity contribution is 5.87. The zero-order chi connectivity index (χ0) is 15.7. The van der Waals surface area contributed by atoms with Crippen LogP contribution in [0.3, 0.4) is 0 Å². The van der Waals surface area contributed by atoms with Gasteiger partial charge >= 0.3 is 11.9 Å². The summed E-state index contributed by atoms with van der Waals surface area (Å²) in [5.74, 6) is -2.62. The number of ether oxygens (including phenoxy) is 2. The molecule has 2 N–H and O–H groups in total. The van der Waals surface area contributed by atoms with E-state index >= 15 is 0 Å². The third-order valence-corrected chi connectivity index (χ3v) is 2.52. The fraction of sp³-hybridized carbons (Fsp3) is 0.357. The Balaban J connectivity index is 2.45. The standard InChI is InChI=1S/C14H17NO6/c1-20-9-12(16)15-11(14(18)19)7-13(17)21-8-10-5-3-2-4-6-10/h2-6,11H,7-9H2,1H3,(H,15,16)(H,18,19)/t11-/m0/s1. The molecule has 0 spiro atoms. The second kappa shape index (κ2) is 8.70. The third-order valence-electron chi connectivity index (χ3n) is 2.52. The molecule has 0 saturated carbocycles. The molecule has 0 aliphatic heterocycles. The van der Waals surface area contributed by atoms with Crippen molar-refractivity contribution in [1.82, 2.24) is 5.32 Å². The van der Waals surface area contributed by atoms with Gasteiger partial charge in [0.2, 0.25) is 5.91 Å². The van der Waals surface area contributed by atoms with Crippen molar-refractivity contribution in [2.75, 3.05) is 13.7 Å². The summed E-state index contributed by atoms with van der Waals surface area (Å²) in [5.41, 5.74) is 0.793. The zero-order valence-electron chi connectivity index (χ0n) is 11.6. The first kappa shape index (κ1) is 16.6. The van der Waals surface area contributed by atoms with Gasteiger partial charge in [0.15, 0.2) is 0 Å². The van der Waals surface area contributed by atoms with Gasteiger partial charge in [-0.2, -0.15) is 0 Å². The lowest BCUT2D eigenvalue weighted by atomic mass is 10.2. The van der Waals surface area contributed by atoms with Crippen molar-refractivity contribution in [2.45, 2.75) is 19.1 Å². The number of hydrogen-bond donors (Lipinski definition) is 2. The van der Waals surface area contributed by atoms with Crippen LogP contribution in [0.4, 0.5) is 0 Å². The molecule has 0 heterocycles. The number of methoxy groups -OCH3 is 1. The van der Waals surface area contributed by atoms with Gasteiger partial charge in [-0.05, 0) is 5.56 Å². The molecule has 1 aromatic rings. The highest BCUT2D eigenvalue weighted by atomic mass is 16.5. The summed E-state index contributed by atoms with van der Waals surface area (Å²) in [4.78, 5) is 33.9. The fourth-order valence-corrected chi connectivity index (χ4v) is 1.53. The minimum atomic E-state index is -1.34. The lowest BCUT2D eigenvalue weighted by Crippen LogP contribution is -2.43. The molecule has 1 rings (SSSR count). The quantitative estimate of drug-likeness (QED) is 0.670. The number of nitrogens with one attached hydrogen (secondary N) is 1. The Bertz CT molecular complexity index is 487. The average Bonchev–Trinajstić information content (AvgIpc) is 2.45. The van der Waals surface area contributed by atoms with Gasteiger partial charge in [-0.1, -0.05) is 30.3 Å². The first-order valence-corrected chi connectivity index (χ1v) is 6.23. The monoisotopic (exact) mass is 295 g/mol. The molecule has 0 aliphatic rings. The molecule has 0 aromatic heterocycles. The molecule has 1 atom stereocenters. The van der Waals surface area contributed by atoms with Crippen molar-refractivity contribution in [3.63, 3.8) is 0 Å². The predicted molar refractivity (Wildman–Crippen MR) is 72.3 cm³/mol. The number of hydrogen-bond acceptors (Lipinski definition) is 5. The number of rotatable bonds is 8.